The van der Waals surface area contributed by atoms with E-state index in [9.17, 15) is 4.79 Å². The van der Waals surface area contributed by atoms with E-state index in [-0.39, 0.29) is 30.0 Å². The third-order valence-corrected chi connectivity index (χ3v) is 7.90. The van der Waals surface area contributed by atoms with Gasteiger partial charge in [-0.3, -0.25) is 0 Å². The molecule has 8 heterocycles. The van der Waals surface area contributed by atoms with Gasteiger partial charge in [-0.1, -0.05) is 0 Å². The van der Waals surface area contributed by atoms with Gasteiger partial charge in [-0.25, -0.2) is 24.7 Å². The SMILES string of the molecule is Nc1nc(C2CCCN2C(=O)N2CCCC2c2cc3nc(-c4ccco4)nn3c(N)n2)cc2nc(-c3ccco3)nn12. The number of carbonyl (C=O) groups is 1. The second-order valence-electron chi connectivity index (χ2n) is 10.4. The van der Waals surface area contributed by atoms with Crippen LogP contribution in [0.5, 0.6) is 0 Å². The molecule has 0 saturated carbocycles. The third-order valence-electron chi connectivity index (χ3n) is 7.90. The quantitative estimate of drug-likeness (QED) is 0.318. The first-order valence-electron chi connectivity index (χ1n) is 13.7. The fourth-order valence-electron chi connectivity index (χ4n) is 5.99. The van der Waals surface area contributed by atoms with Gasteiger partial charge in [-0.05, 0) is 49.9 Å². The lowest BCUT2D eigenvalue weighted by Gasteiger charge is -2.32. The molecule has 2 aliphatic rings. The highest BCUT2D eigenvalue weighted by Crippen LogP contribution is 2.38. The molecule has 6 aromatic rings. The van der Waals surface area contributed by atoms with Crippen molar-refractivity contribution < 1.29 is 13.6 Å². The van der Waals surface area contributed by atoms with Crippen LogP contribution in [-0.2, 0) is 0 Å². The molecule has 0 spiro atoms. The summed E-state index contributed by atoms with van der Waals surface area (Å²) < 4.78 is 13.8. The Morgan fingerprint density at radius 2 is 1.21 bits per heavy atom. The molecule has 2 aliphatic heterocycles. The number of furan rings is 2. The Bertz CT molecular complexity index is 1790. The van der Waals surface area contributed by atoms with Crippen molar-refractivity contribution in [2.75, 3.05) is 24.6 Å². The molecule has 15 nitrogen and oxygen atoms in total. The molecule has 6 aromatic heterocycles. The normalized spacial score (nSPS) is 19.0. The topological polar surface area (TPSA) is 188 Å². The Kier molecular flexibility index (Phi) is 5.38. The maximum atomic E-state index is 14.1. The number of nitrogen functional groups attached to an aromatic ring is 2. The van der Waals surface area contributed by atoms with Gasteiger partial charge in [0.15, 0.2) is 22.8 Å². The Morgan fingerprint density at radius 3 is 1.64 bits per heavy atom. The fraction of sp³-hybridized carbons (Fsp3) is 0.296. The number of nitrogens with zero attached hydrogens (tertiary/aromatic N) is 10. The zero-order valence-corrected chi connectivity index (χ0v) is 22.4. The van der Waals surface area contributed by atoms with E-state index in [4.69, 9.17) is 20.3 Å². The zero-order chi connectivity index (χ0) is 28.4. The predicted molar refractivity (Wildman–Crippen MR) is 149 cm³/mol. The maximum absolute atomic E-state index is 14.1. The van der Waals surface area contributed by atoms with Crippen molar-refractivity contribution in [2.45, 2.75) is 37.8 Å². The summed E-state index contributed by atoms with van der Waals surface area (Å²) in [6.07, 6.45) is 6.34. The number of fused-ring (bicyclic) bond motifs is 2. The smallest absolute Gasteiger partial charge is 0.321 e. The van der Waals surface area contributed by atoms with Crippen LogP contribution in [0, 0.1) is 0 Å². The first-order chi connectivity index (χ1) is 20.5. The minimum Gasteiger partial charge on any atom is -0.461 e. The van der Waals surface area contributed by atoms with Crippen LogP contribution < -0.4 is 11.5 Å². The van der Waals surface area contributed by atoms with Crippen LogP contribution in [0.4, 0.5) is 16.7 Å². The van der Waals surface area contributed by atoms with Crippen molar-refractivity contribution in [3.05, 3.63) is 60.3 Å². The van der Waals surface area contributed by atoms with Gasteiger partial charge in [0, 0.05) is 25.2 Å². The Morgan fingerprint density at radius 1 is 0.738 bits per heavy atom. The van der Waals surface area contributed by atoms with E-state index in [1.807, 2.05) is 21.9 Å². The molecule has 15 heteroatoms. The summed E-state index contributed by atoms with van der Waals surface area (Å²) >= 11 is 0. The zero-order valence-electron chi connectivity index (χ0n) is 22.4. The number of likely N-dealkylation sites (tertiary alicyclic amines) is 2. The first-order valence-corrected chi connectivity index (χ1v) is 13.7. The van der Waals surface area contributed by atoms with E-state index in [2.05, 4.69) is 30.1 Å². The molecule has 0 aliphatic carbocycles. The molecule has 0 radical (unpaired) electrons. The van der Waals surface area contributed by atoms with Crippen LogP contribution in [0.15, 0.2) is 57.8 Å². The van der Waals surface area contributed by atoms with Gasteiger partial charge < -0.3 is 30.1 Å². The average molecular weight is 567 g/mol. The van der Waals surface area contributed by atoms with Crippen molar-refractivity contribution in [3.63, 3.8) is 0 Å². The van der Waals surface area contributed by atoms with Crippen LogP contribution >= 0.6 is 0 Å². The van der Waals surface area contributed by atoms with Gasteiger partial charge >= 0.3 is 6.03 Å². The molecule has 8 rings (SSSR count). The lowest BCUT2D eigenvalue weighted by Crippen LogP contribution is -2.42. The summed E-state index contributed by atoms with van der Waals surface area (Å²) in [5.41, 5.74) is 15.0. The van der Waals surface area contributed by atoms with Crippen LogP contribution in [0.3, 0.4) is 0 Å². The van der Waals surface area contributed by atoms with Gasteiger partial charge in [0.05, 0.1) is 36.0 Å². The molecule has 2 unspecified atom stereocenters. The standard InChI is InChI=1S/C27H26N12O3/c28-25-30-15(13-21-32-23(34-38(21)25)19-7-3-11-41-19)17-5-1-9-36(17)27(40)37-10-2-6-18(37)16-14-22-33-24(20-8-4-12-42-20)35-39(22)26(29)31-16/h3-4,7-8,11-14,17-18H,1-2,5-6,9-10H2,(H2,28,30)(H2,29,31). The minimum absolute atomic E-state index is 0.0732. The highest BCUT2D eigenvalue weighted by Gasteiger charge is 2.39. The lowest BCUT2D eigenvalue weighted by molar-refractivity contribution is 0.142. The Hall–Kier alpha value is -5.47. The third kappa shape index (κ3) is 3.84. The number of nitrogens with two attached hydrogens (primary N) is 2. The number of hydrogen-bond acceptors (Lipinski definition) is 11. The summed E-state index contributed by atoms with van der Waals surface area (Å²) in [6.45, 7) is 1.21. The van der Waals surface area contributed by atoms with Gasteiger partial charge in [-0.15, -0.1) is 10.2 Å². The van der Waals surface area contributed by atoms with E-state index in [0.29, 0.717) is 58.9 Å². The molecule has 42 heavy (non-hydrogen) atoms. The average Bonchev–Trinajstić information content (AvgIpc) is 3.83. The fourth-order valence-corrected chi connectivity index (χ4v) is 5.99. The van der Waals surface area contributed by atoms with Crippen LogP contribution in [0.1, 0.15) is 49.2 Å². The molecule has 212 valence electrons. The van der Waals surface area contributed by atoms with E-state index < -0.39 is 0 Å². The Labute approximate surface area is 237 Å². The van der Waals surface area contributed by atoms with E-state index in [1.165, 1.54) is 9.03 Å². The summed E-state index contributed by atoms with van der Waals surface area (Å²) in [5, 5.41) is 8.86. The number of carbonyl (C=O) groups excluding carboxylic acids is 1. The largest absolute Gasteiger partial charge is 0.461 e. The molecule has 0 aromatic carbocycles. The van der Waals surface area contributed by atoms with Crippen LogP contribution in [0.2, 0.25) is 0 Å². The monoisotopic (exact) mass is 566 g/mol. The Balaban J connectivity index is 1.09. The van der Waals surface area contributed by atoms with Gasteiger partial charge in [0.25, 0.3) is 0 Å². The van der Waals surface area contributed by atoms with Gasteiger partial charge in [-0.2, -0.15) is 9.03 Å². The molecule has 2 amide bonds. The van der Waals surface area contributed by atoms with E-state index in [0.717, 1.165) is 25.7 Å². The molecule has 2 atom stereocenters. The number of urea groups is 1. The number of aromatic nitrogens is 8. The number of amides is 2. The molecule has 0 bridgehead atoms. The second-order valence-corrected chi connectivity index (χ2v) is 10.4. The van der Waals surface area contributed by atoms with Crippen molar-refractivity contribution in [1.29, 1.82) is 0 Å². The summed E-state index contributed by atoms with van der Waals surface area (Å²) in [6, 6.07) is 10.2. The predicted octanol–water partition coefficient (Wildman–Crippen LogP) is 3.34. The minimum atomic E-state index is -0.248. The molecule has 2 saturated heterocycles. The number of anilines is 2. The summed E-state index contributed by atoms with van der Waals surface area (Å²) in [7, 11) is 0. The van der Waals surface area contributed by atoms with Crippen LogP contribution in [0.25, 0.3) is 34.5 Å². The van der Waals surface area contributed by atoms with Gasteiger partial charge in [0.2, 0.25) is 23.5 Å². The molecule has 2 fully saturated rings. The van der Waals surface area contributed by atoms with E-state index >= 15 is 0 Å². The van der Waals surface area contributed by atoms with Crippen LogP contribution in [-0.4, -0.2) is 68.1 Å². The second kappa shape index (κ2) is 9.29. The highest BCUT2D eigenvalue weighted by atomic mass is 16.3. The highest BCUT2D eigenvalue weighted by molar-refractivity contribution is 5.76. The van der Waals surface area contributed by atoms with Gasteiger partial charge in [0.1, 0.15) is 0 Å². The summed E-state index contributed by atoms with van der Waals surface area (Å²) in [4.78, 5) is 36.2. The number of hydrogen-bond donors (Lipinski definition) is 2. The van der Waals surface area contributed by atoms with Crippen molar-refractivity contribution in [3.8, 4) is 23.2 Å². The van der Waals surface area contributed by atoms with E-state index in [1.54, 1.807) is 36.8 Å². The first kappa shape index (κ1) is 24.3. The maximum Gasteiger partial charge on any atom is 0.321 e. The van der Waals surface area contributed by atoms with Crippen molar-refractivity contribution in [2.24, 2.45) is 0 Å². The molecular formula is C27H26N12O3. The summed E-state index contributed by atoms with van der Waals surface area (Å²) in [5.74, 6) is 2.29. The number of rotatable bonds is 4. The van der Waals surface area contributed by atoms with Crippen molar-refractivity contribution in [1.82, 2.24) is 49.0 Å². The lowest BCUT2D eigenvalue weighted by atomic mass is 10.1. The molecule has 4 N–H and O–H groups in total. The molecular weight excluding hydrogens is 540 g/mol. The van der Waals surface area contributed by atoms with Crippen molar-refractivity contribution >= 4 is 29.2 Å².